The fourth-order valence-electron chi connectivity index (χ4n) is 3.08. The zero-order chi connectivity index (χ0) is 11.1. The van der Waals surface area contributed by atoms with Crippen molar-refractivity contribution in [3.8, 4) is 0 Å². The average molecular weight is 208 g/mol. The predicted molar refractivity (Wildman–Crippen MR) is 59.4 cm³/mol. The van der Waals surface area contributed by atoms with Crippen LogP contribution >= 0.6 is 0 Å². The van der Waals surface area contributed by atoms with Crippen molar-refractivity contribution in [2.45, 2.75) is 52.1 Å². The second-order valence-corrected chi connectivity index (χ2v) is 5.29. The summed E-state index contributed by atoms with van der Waals surface area (Å²) < 4.78 is 5.46. The number of carbonyl (C=O) groups is 1. The van der Waals surface area contributed by atoms with E-state index in [0.717, 1.165) is 12.0 Å². The Labute approximate surface area is 91.7 Å². The lowest BCUT2D eigenvalue weighted by atomic mass is 9.62. The normalized spacial score (nSPS) is 40.5. The number of fused-ring (bicyclic) bond motifs is 1. The highest BCUT2D eigenvalue weighted by molar-refractivity contribution is 5.72. The molecule has 84 valence electrons. The Bertz CT molecular complexity index is 295. The number of hydrogen-bond acceptors (Lipinski definition) is 2. The van der Waals surface area contributed by atoms with Crippen LogP contribution in [-0.4, -0.2) is 12.1 Å². The highest BCUT2D eigenvalue weighted by atomic mass is 16.5. The third kappa shape index (κ3) is 1.70. The van der Waals surface area contributed by atoms with E-state index in [1.165, 1.54) is 19.3 Å². The summed E-state index contributed by atoms with van der Waals surface area (Å²) >= 11 is 0. The monoisotopic (exact) mass is 208 g/mol. The van der Waals surface area contributed by atoms with Gasteiger partial charge in [0.05, 0.1) is 6.42 Å². The Hall–Kier alpha value is -0.790. The Kier molecular flexibility index (Phi) is 2.61. The van der Waals surface area contributed by atoms with E-state index in [2.05, 4.69) is 13.5 Å². The van der Waals surface area contributed by atoms with Crippen molar-refractivity contribution in [3.63, 3.8) is 0 Å². The summed E-state index contributed by atoms with van der Waals surface area (Å²) in [6.45, 7) is 8.29. The first-order valence-corrected chi connectivity index (χ1v) is 5.89. The maximum absolute atomic E-state index is 11.6. The summed E-state index contributed by atoms with van der Waals surface area (Å²) in [5, 5.41) is 0. The standard InChI is InChI=1S/C13H20O2/c1-9(2)13(3)8-12(14)15-11-7-5-4-6-10(11)13/h10-11H,1,4-8H2,2-3H3. The molecular weight excluding hydrogens is 188 g/mol. The van der Waals surface area contributed by atoms with Crippen LogP contribution in [0.15, 0.2) is 12.2 Å². The third-order valence-electron chi connectivity index (χ3n) is 4.29. The van der Waals surface area contributed by atoms with Gasteiger partial charge in [0, 0.05) is 11.3 Å². The molecule has 0 radical (unpaired) electrons. The predicted octanol–water partition coefficient (Wildman–Crippen LogP) is 3.07. The Morgan fingerprint density at radius 3 is 2.80 bits per heavy atom. The topological polar surface area (TPSA) is 26.3 Å². The van der Waals surface area contributed by atoms with Gasteiger partial charge in [-0.05, 0) is 26.2 Å². The highest BCUT2D eigenvalue weighted by Gasteiger charge is 2.47. The zero-order valence-corrected chi connectivity index (χ0v) is 9.71. The smallest absolute Gasteiger partial charge is 0.306 e. The van der Waals surface area contributed by atoms with Crippen LogP contribution in [0.1, 0.15) is 46.0 Å². The molecular formula is C13H20O2. The van der Waals surface area contributed by atoms with Gasteiger partial charge in [0.15, 0.2) is 0 Å². The lowest BCUT2D eigenvalue weighted by molar-refractivity contribution is -0.171. The van der Waals surface area contributed by atoms with Crippen molar-refractivity contribution in [3.05, 3.63) is 12.2 Å². The van der Waals surface area contributed by atoms with E-state index in [-0.39, 0.29) is 17.5 Å². The average Bonchev–Trinajstić information content (AvgIpc) is 2.17. The van der Waals surface area contributed by atoms with Crippen LogP contribution in [-0.2, 0) is 9.53 Å². The van der Waals surface area contributed by atoms with E-state index in [9.17, 15) is 4.79 Å². The minimum atomic E-state index is -0.0383. The Morgan fingerprint density at radius 1 is 1.47 bits per heavy atom. The maximum atomic E-state index is 11.6. The van der Waals surface area contributed by atoms with E-state index in [4.69, 9.17) is 4.74 Å². The lowest BCUT2D eigenvalue weighted by Crippen LogP contribution is -2.47. The van der Waals surface area contributed by atoms with Crippen molar-refractivity contribution < 1.29 is 9.53 Å². The largest absolute Gasteiger partial charge is 0.462 e. The molecule has 3 unspecified atom stereocenters. The first-order valence-electron chi connectivity index (χ1n) is 5.89. The van der Waals surface area contributed by atoms with E-state index in [0.29, 0.717) is 12.3 Å². The molecule has 0 N–H and O–H groups in total. The van der Waals surface area contributed by atoms with Crippen LogP contribution in [0.25, 0.3) is 0 Å². The molecule has 2 fully saturated rings. The summed E-state index contributed by atoms with van der Waals surface area (Å²) in [6, 6.07) is 0. The second kappa shape index (κ2) is 3.66. The van der Waals surface area contributed by atoms with E-state index in [1.807, 2.05) is 6.92 Å². The van der Waals surface area contributed by atoms with Gasteiger partial charge in [-0.3, -0.25) is 4.79 Å². The van der Waals surface area contributed by atoms with Crippen molar-refractivity contribution in [1.82, 2.24) is 0 Å². The second-order valence-electron chi connectivity index (χ2n) is 5.29. The van der Waals surface area contributed by atoms with E-state index in [1.54, 1.807) is 0 Å². The molecule has 2 rings (SSSR count). The van der Waals surface area contributed by atoms with Crippen molar-refractivity contribution >= 4 is 5.97 Å². The van der Waals surface area contributed by atoms with Gasteiger partial charge in [0.25, 0.3) is 0 Å². The fraction of sp³-hybridized carbons (Fsp3) is 0.769. The molecule has 1 saturated heterocycles. The van der Waals surface area contributed by atoms with Gasteiger partial charge in [-0.15, -0.1) is 0 Å². The molecule has 1 aliphatic carbocycles. The number of allylic oxidation sites excluding steroid dienone is 1. The molecule has 1 saturated carbocycles. The van der Waals surface area contributed by atoms with Crippen molar-refractivity contribution in [2.24, 2.45) is 11.3 Å². The third-order valence-corrected chi connectivity index (χ3v) is 4.29. The lowest BCUT2D eigenvalue weighted by Gasteiger charge is -2.47. The summed E-state index contributed by atoms with van der Waals surface area (Å²) in [4.78, 5) is 11.6. The highest BCUT2D eigenvalue weighted by Crippen LogP contribution is 2.49. The summed E-state index contributed by atoms with van der Waals surface area (Å²) in [7, 11) is 0. The van der Waals surface area contributed by atoms with Gasteiger partial charge >= 0.3 is 5.97 Å². The zero-order valence-electron chi connectivity index (χ0n) is 9.71. The fourth-order valence-corrected chi connectivity index (χ4v) is 3.08. The summed E-state index contributed by atoms with van der Waals surface area (Å²) in [5.74, 6) is 0.463. The van der Waals surface area contributed by atoms with Crippen LogP contribution in [0.2, 0.25) is 0 Å². The molecule has 3 atom stereocenters. The molecule has 0 bridgehead atoms. The Balaban J connectivity index is 2.28. The van der Waals surface area contributed by atoms with Crippen molar-refractivity contribution in [2.75, 3.05) is 0 Å². The quantitative estimate of drug-likeness (QED) is 0.489. The van der Waals surface area contributed by atoms with Gasteiger partial charge in [0.2, 0.25) is 0 Å². The van der Waals surface area contributed by atoms with Crippen molar-refractivity contribution in [1.29, 1.82) is 0 Å². The molecule has 0 aromatic rings. The molecule has 0 aromatic heterocycles. The van der Waals surface area contributed by atoms with E-state index < -0.39 is 0 Å². The van der Waals surface area contributed by atoms with Gasteiger partial charge < -0.3 is 4.74 Å². The van der Waals surface area contributed by atoms with Crippen LogP contribution in [0, 0.1) is 11.3 Å². The van der Waals surface area contributed by atoms with E-state index >= 15 is 0 Å². The summed E-state index contributed by atoms with van der Waals surface area (Å²) in [6.07, 6.45) is 5.36. The molecule has 2 aliphatic rings. The first-order chi connectivity index (χ1) is 7.04. The van der Waals surface area contributed by atoms with Gasteiger partial charge in [-0.1, -0.05) is 25.5 Å². The van der Waals surface area contributed by atoms with Gasteiger partial charge in [-0.2, -0.15) is 0 Å². The molecule has 1 heterocycles. The number of ether oxygens (including phenoxy) is 1. The van der Waals surface area contributed by atoms with Gasteiger partial charge in [0.1, 0.15) is 6.10 Å². The van der Waals surface area contributed by atoms with Crippen LogP contribution < -0.4 is 0 Å². The molecule has 0 amide bonds. The Morgan fingerprint density at radius 2 is 2.13 bits per heavy atom. The number of hydrogen-bond donors (Lipinski definition) is 0. The molecule has 15 heavy (non-hydrogen) atoms. The van der Waals surface area contributed by atoms with Gasteiger partial charge in [-0.25, -0.2) is 0 Å². The van der Waals surface area contributed by atoms with Crippen LogP contribution in [0.3, 0.4) is 0 Å². The molecule has 2 heteroatoms. The minimum Gasteiger partial charge on any atom is -0.462 e. The van der Waals surface area contributed by atoms with Crippen LogP contribution in [0.4, 0.5) is 0 Å². The molecule has 1 aliphatic heterocycles. The molecule has 0 aromatic carbocycles. The molecule has 2 nitrogen and oxygen atoms in total. The maximum Gasteiger partial charge on any atom is 0.306 e. The molecule has 0 spiro atoms. The number of rotatable bonds is 1. The minimum absolute atomic E-state index is 0.0274. The number of carbonyl (C=O) groups excluding carboxylic acids is 1. The number of esters is 1. The first kappa shape index (κ1) is 10.7. The SMILES string of the molecule is C=C(C)C1(C)CC(=O)OC2CCCCC21. The summed E-state index contributed by atoms with van der Waals surface area (Å²) in [5.41, 5.74) is 1.11. The van der Waals surface area contributed by atoms with Crippen LogP contribution in [0.5, 0.6) is 0 Å².